The summed E-state index contributed by atoms with van der Waals surface area (Å²) in [4.78, 5) is 17.1. The Kier molecular flexibility index (Phi) is 4.75. The largest absolute Gasteiger partial charge is 0.379 e. The topological polar surface area (TPSA) is 54.6 Å². The number of benzene rings is 1. The van der Waals surface area contributed by atoms with Crippen LogP contribution in [0.5, 0.6) is 0 Å². The van der Waals surface area contributed by atoms with E-state index in [1.54, 1.807) is 7.11 Å². The van der Waals surface area contributed by atoms with E-state index in [1.165, 1.54) is 10.9 Å². The van der Waals surface area contributed by atoms with Crippen molar-refractivity contribution < 1.29 is 14.3 Å². The molecule has 0 bridgehead atoms. The maximum Gasteiger partial charge on any atom is 0.248 e. The monoisotopic (exact) mass is 302 g/mol. The number of nitrogens with zero attached hydrogens (tertiary/aromatic N) is 1. The molecule has 1 amide bonds. The SMILES string of the molecule is COCC(=O)N1CCOC[C@@H](Cc2ccc3[nH]ccc3c2)C1. The van der Waals surface area contributed by atoms with Gasteiger partial charge in [0.15, 0.2) is 0 Å². The minimum Gasteiger partial charge on any atom is -0.379 e. The smallest absolute Gasteiger partial charge is 0.248 e. The zero-order valence-electron chi connectivity index (χ0n) is 12.9. The van der Waals surface area contributed by atoms with Gasteiger partial charge in [-0.25, -0.2) is 0 Å². The molecule has 1 N–H and O–H groups in total. The van der Waals surface area contributed by atoms with E-state index in [0.717, 1.165) is 18.5 Å². The van der Waals surface area contributed by atoms with Crippen molar-refractivity contribution >= 4 is 16.8 Å². The predicted octanol–water partition coefficient (Wildman–Crippen LogP) is 1.83. The van der Waals surface area contributed by atoms with E-state index < -0.39 is 0 Å². The van der Waals surface area contributed by atoms with Crippen molar-refractivity contribution in [3.05, 3.63) is 36.0 Å². The second kappa shape index (κ2) is 6.94. The molecule has 2 heterocycles. The summed E-state index contributed by atoms with van der Waals surface area (Å²) in [6.07, 6.45) is 2.87. The van der Waals surface area contributed by atoms with Crippen LogP contribution in [0.4, 0.5) is 0 Å². The molecule has 1 aromatic carbocycles. The van der Waals surface area contributed by atoms with Gasteiger partial charge in [-0.2, -0.15) is 0 Å². The Balaban J connectivity index is 1.68. The van der Waals surface area contributed by atoms with Gasteiger partial charge in [-0.3, -0.25) is 4.79 Å². The van der Waals surface area contributed by atoms with Gasteiger partial charge in [-0.1, -0.05) is 6.07 Å². The summed E-state index contributed by atoms with van der Waals surface area (Å²) in [6, 6.07) is 8.54. The maximum absolute atomic E-state index is 12.0. The van der Waals surface area contributed by atoms with Gasteiger partial charge in [0, 0.05) is 37.8 Å². The van der Waals surface area contributed by atoms with Crippen molar-refractivity contribution in [1.82, 2.24) is 9.88 Å². The fraction of sp³-hybridized carbons (Fsp3) is 0.471. The van der Waals surface area contributed by atoms with Gasteiger partial charge in [0.1, 0.15) is 6.61 Å². The second-order valence-electron chi connectivity index (χ2n) is 5.82. The van der Waals surface area contributed by atoms with Crippen LogP contribution in [0.25, 0.3) is 10.9 Å². The van der Waals surface area contributed by atoms with Crippen LogP contribution >= 0.6 is 0 Å². The molecule has 5 heteroatoms. The van der Waals surface area contributed by atoms with Crippen LogP contribution in [0.15, 0.2) is 30.5 Å². The molecule has 22 heavy (non-hydrogen) atoms. The van der Waals surface area contributed by atoms with E-state index in [9.17, 15) is 4.79 Å². The maximum atomic E-state index is 12.0. The first-order chi connectivity index (χ1) is 10.8. The summed E-state index contributed by atoms with van der Waals surface area (Å²) in [5.41, 5.74) is 2.43. The number of nitrogens with one attached hydrogen (secondary N) is 1. The highest BCUT2D eigenvalue weighted by Gasteiger charge is 2.22. The first-order valence-electron chi connectivity index (χ1n) is 7.67. The summed E-state index contributed by atoms with van der Waals surface area (Å²) in [6.45, 7) is 2.82. The Morgan fingerprint density at radius 2 is 2.36 bits per heavy atom. The number of aromatic amines is 1. The number of rotatable bonds is 4. The van der Waals surface area contributed by atoms with Crippen molar-refractivity contribution in [2.24, 2.45) is 5.92 Å². The number of hydrogen-bond acceptors (Lipinski definition) is 3. The van der Waals surface area contributed by atoms with Crippen LogP contribution in [0.1, 0.15) is 5.56 Å². The van der Waals surface area contributed by atoms with Gasteiger partial charge in [0.25, 0.3) is 0 Å². The third kappa shape index (κ3) is 3.48. The minimum atomic E-state index is 0.0408. The number of aromatic nitrogens is 1. The lowest BCUT2D eigenvalue weighted by Gasteiger charge is -2.23. The number of fused-ring (bicyclic) bond motifs is 1. The van der Waals surface area contributed by atoms with Crippen LogP contribution in [0, 0.1) is 5.92 Å². The fourth-order valence-electron chi connectivity index (χ4n) is 3.01. The highest BCUT2D eigenvalue weighted by Crippen LogP contribution is 2.19. The van der Waals surface area contributed by atoms with E-state index in [1.807, 2.05) is 11.1 Å². The molecule has 0 aliphatic carbocycles. The highest BCUT2D eigenvalue weighted by atomic mass is 16.5. The number of carbonyl (C=O) groups excluding carboxylic acids is 1. The number of methoxy groups -OCH3 is 1. The normalized spacial score (nSPS) is 19.3. The van der Waals surface area contributed by atoms with E-state index in [2.05, 4.69) is 29.2 Å². The van der Waals surface area contributed by atoms with Gasteiger partial charge in [-0.15, -0.1) is 0 Å². The molecule has 1 saturated heterocycles. The Morgan fingerprint density at radius 3 is 3.23 bits per heavy atom. The first kappa shape index (κ1) is 15.1. The molecule has 0 radical (unpaired) electrons. The Bertz CT molecular complexity index is 638. The molecule has 118 valence electrons. The highest BCUT2D eigenvalue weighted by molar-refractivity contribution is 5.80. The molecule has 1 fully saturated rings. The minimum absolute atomic E-state index is 0.0408. The summed E-state index contributed by atoms with van der Waals surface area (Å²) in [5, 5.41) is 1.22. The molecular formula is C17H22N2O3. The van der Waals surface area contributed by atoms with Gasteiger partial charge < -0.3 is 19.4 Å². The number of carbonyl (C=O) groups is 1. The number of hydrogen-bond donors (Lipinski definition) is 1. The lowest BCUT2D eigenvalue weighted by molar-refractivity contribution is -0.135. The summed E-state index contributed by atoms with van der Waals surface area (Å²) in [7, 11) is 1.55. The van der Waals surface area contributed by atoms with Crippen molar-refractivity contribution in [2.45, 2.75) is 6.42 Å². The summed E-state index contributed by atoms with van der Waals surface area (Å²) in [5.74, 6) is 0.360. The van der Waals surface area contributed by atoms with E-state index in [4.69, 9.17) is 9.47 Å². The van der Waals surface area contributed by atoms with E-state index >= 15 is 0 Å². The van der Waals surface area contributed by atoms with Crippen molar-refractivity contribution in [1.29, 1.82) is 0 Å². The molecule has 0 unspecified atom stereocenters. The molecule has 2 aromatic rings. The van der Waals surface area contributed by atoms with Gasteiger partial charge in [-0.05, 0) is 35.6 Å². The van der Waals surface area contributed by atoms with Crippen molar-refractivity contribution in [3.8, 4) is 0 Å². The average Bonchev–Trinajstić information content (AvgIpc) is 2.85. The zero-order chi connectivity index (χ0) is 15.4. The number of H-pyrrole nitrogens is 1. The van der Waals surface area contributed by atoms with Crippen molar-refractivity contribution in [2.75, 3.05) is 40.0 Å². The molecule has 1 atom stereocenters. The number of amides is 1. The van der Waals surface area contributed by atoms with Gasteiger partial charge in [0.05, 0.1) is 13.2 Å². The first-order valence-corrected chi connectivity index (χ1v) is 7.67. The Hall–Kier alpha value is -1.85. The summed E-state index contributed by atoms with van der Waals surface area (Å²) < 4.78 is 10.6. The lowest BCUT2D eigenvalue weighted by Crippen LogP contribution is -2.38. The molecule has 0 saturated carbocycles. The molecule has 3 rings (SSSR count). The zero-order valence-corrected chi connectivity index (χ0v) is 12.9. The molecule has 0 spiro atoms. The Morgan fingerprint density at radius 1 is 1.45 bits per heavy atom. The van der Waals surface area contributed by atoms with Crippen LogP contribution in [0.3, 0.4) is 0 Å². The average molecular weight is 302 g/mol. The predicted molar refractivity (Wildman–Crippen MR) is 84.8 cm³/mol. The van der Waals surface area contributed by atoms with Crippen LogP contribution in [0.2, 0.25) is 0 Å². The van der Waals surface area contributed by atoms with Crippen LogP contribution in [-0.2, 0) is 20.7 Å². The van der Waals surface area contributed by atoms with Gasteiger partial charge in [0.2, 0.25) is 5.91 Å². The lowest BCUT2D eigenvalue weighted by atomic mass is 9.98. The summed E-state index contributed by atoms with van der Waals surface area (Å²) >= 11 is 0. The third-order valence-corrected chi connectivity index (χ3v) is 4.10. The quantitative estimate of drug-likeness (QED) is 0.937. The van der Waals surface area contributed by atoms with Crippen LogP contribution < -0.4 is 0 Å². The molecule has 1 aliphatic rings. The molecular weight excluding hydrogens is 280 g/mol. The third-order valence-electron chi connectivity index (χ3n) is 4.10. The molecule has 5 nitrogen and oxygen atoms in total. The Labute approximate surface area is 130 Å². The molecule has 1 aliphatic heterocycles. The van der Waals surface area contributed by atoms with Gasteiger partial charge >= 0.3 is 0 Å². The van der Waals surface area contributed by atoms with E-state index in [0.29, 0.717) is 25.7 Å². The standard InChI is InChI=1S/C17H22N2O3/c1-21-12-17(20)19-6-7-22-11-14(10-19)8-13-2-3-16-15(9-13)4-5-18-16/h2-5,9,14,18H,6-8,10-12H2,1H3/t14-/m0/s1. The van der Waals surface area contributed by atoms with Crippen molar-refractivity contribution in [3.63, 3.8) is 0 Å². The fourth-order valence-corrected chi connectivity index (χ4v) is 3.01. The second-order valence-corrected chi connectivity index (χ2v) is 5.82. The van der Waals surface area contributed by atoms with E-state index in [-0.39, 0.29) is 12.5 Å². The number of ether oxygens (including phenoxy) is 2. The van der Waals surface area contributed by atoms with Crippen LogP contribution in [-0.4, -0.2) is 55.8 Å². The molecule has 1 aromatic heterocycles.